The molecule has 49 heavy (non-hydrogen) atoms. The lowest BCUT2D eigenvalue weighted by molar-refractivity contribution is -0.369. The van der Waals surface area contributed by atoms with Crippen molar-refractivity contribution < 1.29 is 73.0 Å². The van der Waals surface area contributed by atoms with Gasteiger partial charge >= 0.3 is 12.1 Å². The largest absolute Gasteiger partial charge is 0.502 e. The molecular formula is C32H33NO15S. The SMILES string of the molecule is COc1cc(C2(O)c3cc4c(cc3C(OC3OC5COC(c6cccs6)OC5C(O)C3O)C3COC(=O)C32)OC(N)(O)O4)cc(OC)c1O. The molecular weight excluding hydrogens is 670 g/mol. The normalized spacial score (nSPS) is 37.5. The van der Waals surface area contributed by atoms with Crippen LogP contribution in [0.15, 0.2) is 41.8 Å². The molecule has 2 aromatic carbocycles. The maximum absolute atomic E-state index is 13.6. The molecule has 1 aromatic heterocycles. The first-order valence-electron chi connectivity index (χ1n) is 15.3. The van der Waals surface area contributed by atoms with Crippen molar-refractivity contribution >= 4 is 17.3 Å². The number of carbonyl (C=O) groups is 1. The van der Waals surface area contributed by atoms with Crippen LogP contribution in [-0.4, -0.2) is 95.7 Å². The van der Waals surface area contributed by atoms with E-state index < -0.39 is 72.6 Å². The highest BCUT2D eigenvalue weighted by Crippen LogP contribution is 2.59. The summed E-state index contributed by atoms with van der Waals surface area (Å²) in [6, 6.07) is 9.15. The summed E-state index contributed by atoms with van der Waals surface area (Å²) in [6.07, 6.45) is -10.7. The molecule has 0 bridgehead atoms. The molecule has 17 heteroatoms. The number of aromatic hydroxyl groups is 1. The molecule has 7 N–H and O–H groups in total. The fraction of sp³-hybridized carbons (Fsp3) is 0.469. The molecule has 3 fully saturated rings. The Labute approximate surface area is 281 Å². The highest BCUT2D eigenvalue weighted by molar-refractivity contribution is 7.10. The number of fused-ring (bicyclic) bond motifs is 4. The van der Waals surface area contributed by atoms with Crippen LogP contribution >= 0.6 is 11.3 Å². The van der Waals surface area contributed by atoms with Gasteiger partial charge in [0.2, 0.25) is 5.75 Å². The Morgan fingerprint density at radius 1 is 0.980 bits per heavy atom. The first-order chi connectivity index (χ1) is 23.4. The summed E-state index contributed by atoms with van der Waals surface area (Å²) >= 11 is 1.42. The van der Waals surface area contributed by atoms with Crippen molar-refractivity contribution in [1.82, 2.24) is 0 Å². The highest BCUT2D eigenvalue weighted by Gasteiger charge is 2.62. The van der Waals surface area contributed by atoms with Gasteiger partial charge in [-0.2, -0.15) is 0 Å². The number of benzene rings is 2. The zero-order valence-electron chi connectivity index (χ0n) is 26.0. The van der Waals surface area contributed by atoms with E-state index >= 15 is 0 Å². The second-order valence-electron chi connectivity index (χ2n) is 12.4. The fourth-order valence-corrected chi connectivity index (χ4v) is 8.05. The summed E-state index contributed by atoms with van der Waals surface area (Å²) in [7, 11) is 2.62. The van der Waals surface area contributed by atoms with Gasteiger partial charge in [0.05, 0.1) is 38.4 Å². The lowest BCUT2D eigenvalue weighted by atomic mass is 9.63. The number of thiophene rings is 1. The Morgan fingerprint density at radius 3 is 2.37 bits per heavy atom. The Balaban J connectivity index is 1.20. The molecule has 0 radical (unpaired) electrons. The van der Waals surface area contributed by atoms with Gasteiger partial charge in [0.15, 0.2) is 35.6 Å². The quantitative estimate of drug-likeness (QED) is 0.151. The number of methoxy groups -OCH3 is 2. The van der Waals surface area contributed by atoms with E-state index in [1.807, 2.05) is 17.5 Å². The number of nitrogens with two attached hydrogens (primary N) is 1. The predicted molar refractivity (Wildman–Crippen MR) is 161 cm³/mol. The number of aliphatic hydroxyl groups excluding tert-OH is 2. The van der Waals surface area contributed by atoms with Crippen LogP contribution in [-0.2, 0) is 34.1 Å². The molecule has 11 unspecified atom stereocenters. The summed E-state index contributed by atoms with van der Waals surface area (Å²) in [6.45, 7) is -0.201. The molecule has 0 amide bonds. The van der Waals surface area contributed by atoms with E-state index in [0.717, 1.165) is 4.88 Å². The maximum atomic E-state index is 13.6. The number of aliphatic hydroxyl groups is 4. The zero-order valence-corrected chi connectivity index (χ0v) is 26.8. The number of phenolic OH excluding ortho intramolecular Hbond substituents is 1. The summed E-state index contributed by atoms with van der Waals surface area (Å²) in [5, 5.41) is 58.2. The van der Waals surface area contributed by atoms with E-state index in [2.05, 4.69) is 0 Å². The average Bonchev–Trinajstić information content (AvgIpc) is 3.83. The van der Waals surface area contributed by atoms with Crippen LogP contribution in [0, 0.1) is 11.8 Å². The van der Waals surface area contributed by atoms with Gasteiger partial charge < -0.3 is 68.2 Å². The Bertz CT molecular complexity index is 1740. The number of phenols is 1. The molecule has 4 aliphatic heterocycles. The zero-order chi connectivity index (χ0) is 34.4. The van der Waals surface area contributed by atoms with Gasteiger partial charge in [0.1, 0.15) is 35.9 Å². The molecule has 0 saturated carbocycles. The number of carbonyl (C=O) groups excluding carboxylic acids is 1. The number of hydrogen-bond acceptors (Lipinski definition) is 17. The number of ether oxygens (including phenoxy) is 9. The standard InChI is InChI=1S/C32H33NO15S/c1-40-18-6-12(7-19(41-2)23(18)34)31(38)15-9-17-16(47-32(33,39)48-17)8-13(15)26(14-10-42-28(37)22(14)31)45-30-25(36)24(35)27-20(44-30)11-43-29(46-27)21-4-3-5-49-21/h3-9,14,20,22,24-27,29-30,34-36,38-39H,10-11,33H2,1-2H3. The second kappa shape index (κ2) is 11.7. The average molecular weight is 704 g/mol. The smallest absolute Gasteiger partial charge is 0.439 e. The molecule has 0 spiro atoms. The van der Waals surface area contributed by atoms with Crippen LogP contribution in [0.5, 0.6) is 28.7 Å². The minimum atomic E-state index is -2.54. The number of rotatable bonds is 6. The maximum Gasteiger partial charge on any atom is 0.439 e. The fourth-order valence-electron chi connectivity index (χ4n) is 7.34. The van der Waals surface area contributed by atoms with Crippen LogP contribution in [0.4, 0.5) is 0 Å². The van der Waals surface area contributed by atoms with E-state index in [1.54, 1.807) is 0 Å². The third-order valence-electron chi connectivity index (χ3n) is 9.59. The van der Waals surface area contributed by atoms with Crippen molar-refractivity contribution in [3.05, 3.63) is 63.3 Å². The Hall–Kier alpha value is -3.75. The topological polar surface area (TPSA) is 227 Å². The first-order valence-corrected chi connectivity index (χ1v) is 16.2. The monoisotopic (exact) mass is 703 g/mol. The second-order valence-corrected chi connectivity index (χ2v) is 13.3. The molecule has 5 aliphatic rings. The third kappa shape index (κ3) is 5.04. The van der Waals surface area contributed by atoms with Gasteiger partial charge in [-0.3, -0.25) is 4.79 Å². The van der Waals surface area contributed by atoms with E-state index in [4.69, 9.17) is 48.4 Å². The van der Waals surface area contributed by atoms with E-state index in [1.165, 1.54) is 49.8 Å². The van der Waals surface area contributed by atoms with E-state index in [9.17, 15) is 30.3 Å². The lowest BCUT2D eigenvalue weighted by Gasteiger charge is -2.49. The van der Waals surface area contributed by atoms with Crippen molar-refractivity contribution in [2.75, 3.05) is 27.4 Å². The molecule has 11 atom stereocenters. The third-order valence-corrected chi connectivity index (χ3v) is 10.5. The molecule has 262 valence electrons. The van der Waals surface area contributed by atoms with E-state index in [-0.39, 0.29) is 58.7 Å². The summed E-state index contributed by atoms with van der Waals surface area (Å²) in [5.74, 6) is -3.54. The summed E-state index contributed by atoms with van der Waals surface area (Å²) < 4.78 is 51.4. The van der Waals surface area contributed by atoms with Gasteiger partial charge in [-0.05, 0) is 52.4 Å². The van der Waals surface area contributed by atoms with Crippen molar-refractivity contribution in [1.29, 1.82) is 0 Å². The number of esters is 1. The summed E-state index contributed by atoms with van der Waals surface area (Å²) in [4.78, 5) is 14.4. The minimum Gasteiger partial charge on any atom is -0.502 e. The molecule has 16 nitrogen and oxygen atoms in total. The van der Waals surface area contributed by atoms with Crippen LogP contribution < -0.4 is 24.7 Å². The lowest BCUT2D eigenvalue weighted by Crippen LogP contribution is -2.62. The number of cyclic esters (lactones) is 1. The first kappa shape index (κ1) is 32.5. The van der Waals surface area contributed by atoms with Gasteiger partial charge in [0.25, 0.3) is 0 Å². The van der Waals surface area contributed by atoms with Crippen LogP contribution in [0.3, 0.4) is 0 Å². The molecule has 3 saturated heterocycles. The predicted octanol–water partition coefficient (Wildman–Crippen LogP) is 0.462. The van der Waals surface area contributed by atoms with Crippen molar-refractivity contribution in [3.63, 3.8) is 0 Å². The Morgan fingerprint density at radius 2 is 1.69 bits per heavy atom. The van der Waals surface area contributed by atoms with Crippen molar-refractivity contribution in [2.45, 2.75) is 54.8 Å². The minimum absolute atomic E-state index is 0.0110. The van der Waals surface area contributed by atoms with Crippen LogP contribution in [0.1, 0.15) is 34.0 Å². The van der Waals surface area contributed by atoms with Gasteiger partial charge in [-0.15, -0.1) is 11.3 Å². The van der Waals surface area contributed by atoms with Gasteiger partial charge in [0, 0.05) is 5.92 Å². The van der Waals surface area contributed by atoms with Crippen molar-refractivity contribution in [2.24, 2.45) is 17.6 Å². The van der Waals surface area contributed by atoms with Crippen LogP contribution in [0.2, 0.25) is 0 Å². The van der Waals surface area contributed by atoms with Gasteiger partial charge in [-0.1, -0.05) is 6.07 Å². The molecule has 5 heterocycles. The highest BCUT2D eigenvalue weighted by atomic mass is 32.1. The van der Waals surface area contributed by atoms with Crippen LogP contribution in [0.25, 0.3) is 0 Å². The van der Waals surface area contributed by atoms with Gasteiger partial charge in [-0.25, -0.2) is 5.73 Å². The number of hydrogen-bond donors (Lipinski definition) is 6. The molecule has 8 rings (SSSR count). The molecule has 1 aliphatic carbocycles. The Kier molecular flexibility index (Phi) is 7.72. The summed E-state index contributed by atoms with van der Waals surface area (Å²) in [5.41, 5.74) is 3.88. The van der Waals surface area contributed by atoms with Crippen molar-refractivity contribution in [3.8, 4) is 28.7 Å². The van der Waals surface area contributed by atoms with E-state index in [0.29, 0.717) is 0 Å². The molecule has 3 aromatic rings.